The van der Waals surface area contributed by atoms with Crippen molar-refractivity contribution in [3.63, 3.8) is 0 Å². The number of thiophene rings is 1. The summed E-state index contributed by atoms with van der Waals surface area (Å²) >= 11 is 3.47. The van der Waals surface area contributed by atoms with Crippen LogP contribution in [0.15, 0.2) is 12.1 Å². The van der Waals surface area contributed by atoms with Gasteiger partial charge in [-0.25, -0.2) is 0 Å². The van der Waals surface area contributed by atoms with Crippen molar-refractivity contribution in [1.29, 1.82) is 0 Å². The maximum Gasteiger partial charge on any atom is 0.157 e. The van der Waals surface area contributed by atoms with E-state index in [9.17, 15) is 0 Å². The number of hydrogen-bond acceptors (Lipinski definition) is 5. The first kappa shape index (κ1) is 12.7. The molecular weight excluding hydrogens is 250 g/mol. The molecule has 2 aromatic rings. The van der Waals surface area contributed by atoms with Gasteiger partial charge in [0.25, 0.3) is 0 Å². The van der Waals surface area contributed by atoms with Crippen LogP contribution in [0.2, 0.25) is 0 Å². The molecule has 1 atom stereocenters. The second-order valence-corrected chi connectivity index (χ2v) is 6.17. The van der Waals surface area contributed by atoms with Gasteiger partial charge in [0.1, 0.15) is 5.01 Å². The maximum absolute atomic E-state index is 4.30. The minimum atomic E-state index is 0.340. The molecular formula is C12H17N3S2. The summed E-state index contributed by atoms with van der Waals surface area (Å²) in [6.45, 7) is 7.37. The molecule has 1 unspecified atom stereocenters. The molecule has 0 saturated carbocycles. The van der Waals surface area contributed by atoms with Gasteiger partial charge in [-0.2, -0.15) is 0 Å². The maximum atomic E-state index is 4.30. The molecule has 0 bridgehead atoms. The number of rotatable bonds is 5. The first-order valence-corrected chi connectivity index (χ1v) is 7.51. The van der Waals surface area contributed by atoms with E-state index < -0.39 is 0 Å². The predicted molar refractivity (Wildman–Crippen MR) is 74.7 cm³/mol. The molecule has 0 aromatic carbocycles. The number of nitrogens with one attached hydrogen (secondary N) is 1. The van der Waals surface area contributed by atoms with E-state index in [4.69, 9.17) is 0 Å². The van der Waals surface area contributed by atoms with Crippen molar-refractivity contribution < 1.29 is 0 Å². The van der Waals surface area contributed by atoms with Crippen molar-refractivity contribution in [2.24, 2.45) is 0 Å². The largest absolute Gasteiger partial charge is 0.308 e. The van der Waals surface area contributed by atoms with Crippen LogP contribution in [0.4, 0.5) is 0 Å². The highest BCUT2D eigenvalue weighted by Crippen LogP contribution is 2.32. The summed E-state index contributed by atoms with van der Waals surface area (Å²) in [5, 5.41) is 14.2. The summed E-state index contributed by atoms with van der Waals surface area (Å²) in [5.74, 6) is 0. The molecule has 1 N–H and O–H groups in total. The molecule has 0 saturated heterocycles. The fourth-order valence-electron chi connectivity index (χ4n) is 1.68. The van der Waals surface area contributed by atoms with Crippen LogP contribution in [-0.4, -0.2) is 16.7 Å². The van der Waals surface area contributed by atoms with Crippen molar-refractivity contribution in [3.05, 3.63) is 22.0 Å². The third-order valence-corrected chi connectivity index (χ3v) is 4.76. The standard InChI is InChI=1S/C12H17N3S2/c1-4-9(13-5-2)11-14-15-12(17-11)10-7-6-8(3)16-10/h6-7,9,13H,4-5H2,1-3H3. The van der Waals surface area contributed by atoms with Gasteiger partial charge >= 0.3 is 0 Å². The predicted octanol–water partition coefficient (Wildman–Crippen LogP) is 3.64. The molecule has 0 amide bonds. The molecule has 0 fully saturated rings. The zero-order valence-electron chi connectivity index (χ0n) is 10.4. The van der Waals surface area contributed by atoms with E-state index in [0.29, 0.717) is 6.04 Å². The van der Waals surface area contributed by atoms with E-state index in [-0.39, 0.29) is 0 Å². The monoisotopic (exact) mass is 267 g/mol. The summed E-state index contributed by atoms with van der Waals surface area (Å²) in [6.07, 6.45) is 1.05. The molecule has 2 rings (SSSR count). The lowest BCUT2D eigenvalue weighted by Crippen LogP contribution is -2.19. The number of hydrogen-bond donors (Lipinski definition) is 1. The van der Waals surface area contributed by atoms with Crippen LogP contribution < -0.4 is 5.32 Å². The van der Waals surface area contributed by atoms with E-state index in [0.717, 1.165) is 23.0 Å². The Hall–Kier alpha value is -0.780. The molecule has 3 nitrogen and oxygen atoms in total. The molecule has 2 heterocycles. The van der Waals surface area contributed by atoms with Crippen molar-refractivity contribution in [2.75, 3.05) is 6.54 Å². The summed E-state index contributed by atoms with van der Waals surface area (Å²) in [5.41, 5.74) is 0. The molecule has 92 valence electrons. The zero-order chi connectivity index (χ0) is 12.3. The molecule has 0 aliphatic rings. The van der Waals surface area contributed by atoms with Crippen LogP contribution in [0.3, 0.4) is 0 Å². The number of aromatic nitrogens is 2. The lowest BCUT2D eigenvalue weighted by atomic mass is 10.2. The quantitative estimate of drug-likeness (QED) is 0.899. The highest BCUT2D eigenvalue weighted by Gasteiger charge is 2.15. The summed E-state index contributed by atoms with van der Waals surface area (Å²) in [7, 11) is 0. The van der Waals surface area contributed by atoms with Crippen LogP contribution in [0.25, 0.3) is 9.88 Å². The second kappa shape index (κ2) is 5.71. The number of aryl methyl sites for hydroxylation is 1. The van der Waals surface area contributed by atoms with Gasteiger partial charge in [0.05, 0.1) is 10.9 Å². The smallest absolute Gasteiger partial charge is 0.157 e. The Labute approximate surface area is 110 Å². The highest BCUT2D eigenvalue weighted by atomic mass is 32.1. The van der Waals surface area contributed by atoms with Crippen LogP contribution in [0, 0.1) is 6.92 Å². The Morgan fingerprint density at radius 2 is 2.06 bits per heavy atom. The molecule has 0 spiro atoms. The van der Waals surface area contributed by atoms with E-state index in [1.807, 2.05) is 0 Å². The van der Waals surface area contributed by atoms with E-state index >= 15 is 0 Å². The first-order valence-electron chi connectivity index (χ1n) is 5.88. The van der Waals surface area contributed by atoms with Gasteiger partial charge < -0.3 is 5.32 Å². The molecule has 0 aliphatic heterocycles. The van der Waals surface area contributed by atoms with Crippen molar-refractivity contribution in [2.45, 2.75) is 33.2 Å². The number of nitrogens with zero attached hydrogens (tertiary/aromatic N) is 2. The van der Waals surface area contributed by atoms with Crippen LogP contribution in [-0.2, 0) is 0 Å². The molecule has 5 heteroatoms. The zero-order valence-corrected chi connectivity index (χ0v) is 12.0. The minimum Gasteiger partial charge on any atom is -0.308 e. The van der Waals surface area contributed by atoms with Crippen molar-refractivity contribution in [3.8, 4) is 9.88 Å². The average molecular weight is 267 g/mol. The normalized spacial score (nSPS) is 12.9. The van der Waals surface area contributed by atoms with Gasteiger partial charge in [0, 0.05) is 4.88 Å². The van der Waals surface area contributed by atoms with Gasteiger partial charge in [-0.3, -0.25) is 0 Å². The summed E-state index contributed by atoms with van der Waals surface area (Å²) in [4.78, 5) is 2.54. The fourth-order valence-corrected chi connectivity index (χ4v) is 3.60. The van der Waals surface area contributed by atoms with Crippen LogP contribution in [0.5, 0.6) is 0 Å². The Bertz CT molecular complexity index is 476. The van der Waals surface area contributed by atoms with Gasteiger partial charge in [-0.15, -0.1) is 21.5 Å². The lowest BCUT2D eigenvalue weighted by Gasteiger charge is -2.10. The van der Waals surface area contributed by atoms with Crippen LogP contribution in [0.1, 0.15) is 36.2 Å². The Balaban J connectivity index is 2.20. The van der Waals surface area contributed by atoms with E-state index in [1.165, 1.54) is 9.75 Å². The van der Waals surface area contributed by atoms with Crippen molar-refractivity contribution >= 4 is 22.7 Å². The van der Waals surface area contributed by atoms with Gasteiger partial charge in [-0.1, -0.05) is 25.2 Å². The topological polar surface area (TPSA) is 37.8 Å². The molecule has 0 aliphatic carbocycles. The third-order valence-electron chi connectivity index (χ3n) is 2.55. The summed E-state index contributed by atoms with van der Waals surface area (Å²) in [6, 6.07) is 4.59. The highest BCUT2D eigenvalue weighted by molar-refractivity contribution is 7.21. The Kier molecular flexibility index (Phi) is 4.25. The average Bonchev–Trinajstić information content (AvgIpc) is 2.94. The van der Waals surface area contributed by atoms with Gasteiger partial charge in [0.2, 0.25) is 0 Å². The van der Waals surface area contributed by atoms with Crippen LogP contribution >= 0.6 is 22.7 Å². The SMILES string of the molecule is CCNC(CC)c1nnc(-c2ccc(C)s2)s1. The second-order valence-electron chi connectivity index (χ2n) is 3.87. The van der Waals surface area contributed by atoms with E-state index in [1.54, 1.807) is 22.7 Å². The minimum absolute atomic E-state index is 0.340. The first-order chi connectivity index (χ1) is 8.24. The molecule has 17 heavy (non-hydrogen) atoms. The molecule has 2 aromatic heterocycles. The Morgan fingerprint density at radius 3 is 2.65 bits per heavy atom. The van der Waals surface area contributed by atoms with Gasteiger partial charge in [0.15, 0.2) is 5.01 Å². The van der Waals surface area contributed by atoms with Gasteiger partial charge in [-0.05, 0) is 32.0 Å². The summed E-state index contributed by atoms with van der Waals surface area (Å²) < 4.78 is 0. The third kappa shape index (κ3) is 2.91. The van der Waals surface area contributed by atoms with Crippen molar-refractivity contribution in [1.82, 2.24) is 15.5 Å². The lowest BCUT2D eigenvalue weighted by molar-refractivity contribution is 0.531. The Morgan fingerprint density at radius 1 is 1.24 bits per heavy atom. The van der Waals surface area contributed by atoms with E-state index in [2.05, 4.69) is 48.4 Å². The molecule has 0 radical (unpaired) electrons. The fraction of sp³-hybridized carbons (Fsp3) is 0.500.